The van der Waals surface area contributed by atoms with E-state index in [2.05, 4.69) is 4.98 Å². The zero-order valence-electron chi connectivity index (χ0n) is 10.5. The zero-order chi connectivity index (χ0) is 14.6. The quantitative estimate of drug-likeness (QED) is 0.524. The van der Waals surface area contributed by atoms with Gasteiger partial charge in [-0.25, -0.2) is 13.8 Å². The lowest BCUT2D eigenvalue weighted by Crippen LogP contribution is -1.91. The first kappa shape index (κ1) is 11.8. The van der Waals surface area contributed by atoms with Crippen LogP contribution in [0, 0.1) is 23.0 Å². The van der Waals surface area contributed by atoms with Gasteiger partial charge >= 0.3 is 0 Å². The third-order valence-electron chi connectivity index (χ3n) is 3.44. The number of fused-ring (bicyclic) bond motifs is 5. The van der Waals surface area contributed by atoms with Gasteiger partial charge in [0.1, 0.15) is 34.5 Å². The van der Waals surface area contributed by atoms with Crippen molar-refractivity contribution in [2.24, 2.45) is 0 Å². The fourth-order valence-electron chi connectivity index (χ4n) is 2.55. The van der Waals surface area contributed by atoms with Gasteiger partial charge in [0.05, 0.1) is 5.39 Å². The van der Waals surface area contributed by atoms with E-state index < -0.39 is 11.6 Å². The van der Waals surface area contributed by atoms with Crippen LogP contribution in [0.5, 0.6) is 0 Å². The van der Waals surface area contributed by atoms with E-state index in [1.165, 1.54) is 18.2 Å². The lowest BCUT2D eigenvalue weighted by molar-refractivity contribution is 0.585. The van der Waals surface area contributed by atoms with Crippen LogP contribution in [0.15, 0.2) is 40.8 Å². The molecule has 0 amide bonds. The number of halogens is 2. The van der Waals surface area contributed by atoms with Gasteiger partial charge in [-0.15, -0.1) is 0 Å². The molecule has 3 nitrogen and oxygen atoms in total. The molecule has 100 valence electrons. The number of benzene rings is 2. The molecule has 21 heavy (non-hydrogen) atoms. The Labute approximate surface area is 117 Å². The third kappa shape index (κ3) is 1.59. The molecular weight excluding hydrogens is 274 g/mol. The molecule has 0 aliphatic carbocycles. The van der Waals surface area contributed by atoms with E-state index in [4.69, 9.17) is 9.68 Å². The fourth-order valence-corrected chi connectivity index (χ4v) is 2.55. The van der Waals surface area contributed by atoms with Crippen molar-refractivity contribution < 1.29 is 13.2 Å². The van der Waals surface area contributed by atoms with E-state index in [-0.39, 0.29) is 11.3 Å². The Kier molecular flexibility index (Phi) is 2.24. The molecule has 4 aromatic rings. The molecule has 0 saturated heterocycles. The monoisotopic (exact) mass is 280 g/mol. The van der Waals surface area contributed by atoms with Gasteiger partial charge < -0.3 is 4.42 Å². The van der Waals surface area contributed by atoms with Crippen LogP contribution in [-0.2, 0) is 0 Å². The van der Waals surface area contributed by atoms with Crippen LogP contribution in [0.1, 0.15) is 5.69 Å². The molecule has 0 spiro atoms. The van der Waals surface area contributed by atoms with Gasteiger partial charge in [0.25, 0.3) is 0 Å². The number of hydrogen-bond donors (Lipinski definition) is 0. The maximum Gasteiger partial charge on any atom is 0.154 e. The van der Waals surface area contributed by atoms with Crippen LogP contribution in [0.25, 0.3) is 33.2 Å². The predicted molar refractivity (Wildman–Crippen MR) is 72.8 cm³/mol. The summed E-state index contributed by atoms with van der Waals surface area (Å²) in [6.07, 6.45) is 0. The highest BCUT2D eigenvalue weighted by atomic mass is 19.1. The standard InChI is InChI=1S/C16H6F2N2O/c17-8-1-2-10(12(18)5-8)11-6-9(7-19)20-16-14-4-3-13(21-14)15(11)16/h1-6H. The third-order valence-corrected chi connectivity index (χ3v) is 3.44. The van der Waals surface area contributed by atoms with Crippen LogP contribution in [0.3, 0.4) is 0 Å². The number of nitrogens with zero attached hydrogens (tertiary/aromatic N) is 2. The van der Waals surface area contributed by atoms with Gasteiger partial charge in [-0.3, -0.25) is 0 Å². The molecule has 0 aliphatic rings. The number of pyridine rings is 1. The van der Waals surface area contributed by atoms with E-state index in [9.17, 15) is 8.78 Å². The van der Waals surface area contributed by atoms with Crippen molar-refractivity contribution in [1.29, 1.82) is 5.26 Å². The molecule has 1 aromatic carbocycles. The minimum Gasteiger partial charge on any atom is -0.454 e. The van der Waals surface area contributed by atoms with Gasteiger partial charge in [0.15, 0.2) is 5.58 Å². The highest BCUT2D eigenvalue weighted by Gasteiger charge is 2.19. The average molecular weight is 280 g/mol. The summed E-state index contributed by atoms with van der Waals surface area (Å²) in [7, 11) is 0. The van der Waals surface area contributed by atoms with Crippen molar-refractivity contribution in [3.8, 4) is 17.2 Å². The molecule has 0 saturated carbocycles. The van der Waals surface area contributed by atoms with Crippen LogP contribution < -0.4 is 0 Å². The summed E-state index contributed by atoms with van der Waals surface area (Å²) in [6.45, 7) is 0. The van der Waals surface area contributed by atoms with Crippen molar-refractivity contribution in [2.45, 2.75) is 0 Å². The maximum absolute atomic E-state index is 14.1. The summed E-state index contributed by atoms with van der Waals surface area (Å²) in [4.78, 5) is 4.20. The van der Waals surface area contributed by atoms with E-state index in [0.29, 0.717) is 27.6 Å². The molecule has 5 heteroatoms. The molecular formula is C16H6F2N2O. The Morgan fingerprint density at radius 2 is 1.81 bits per heavy atom. The molecule has 0 aliphatic heterocycles. The maximum atomic E-state index is 14.1. The lowest BCUT2D eigenvalue weighted by Gasteiger charge is -2.06. The molecule has 3 aromatic heterocycles. The van der Waals surface area contributed by atoms with Gasteiger partial charge in [-0.1, -0.05) is 0 Å². The zero-order valence-corrected chi connectivity index (χ0v) is 10.5. The summed E-state index contributed by atoms with van der Waals surface area (Å²) in [5.74, 6) is -1.34. The average Bonchev–Trinajstić information content (AvgIpc) is 3.08. The van der Waals surface area contributed by atoms with Crippen molar-refractivity contribution in [3.63, 3.8) is 0 Å². The van der Waals surface area contributed by atoms with E-state index >= 15 is 0 Å². The molecule has 2 bridgehead atoms. The minimum absolute atomic E-state index is 0.158. The van der Waals surface area contributed by atoms with E-state index in [1.807, 2.05) is 6.07 Å². The summed E-state index contributed by atoms with van der Waals surface area (Å²) < 4.78 is 32.7. The summed E-state index contributed by atoms with van der Waals surface area (Å²) in [5, 5.41) is 9.72. The van der Waals surface area contributed by atoms with E-state index in [0.717, 1.165) is 6.07 Å². The summed E-state index contributed by atoms with van der Waals surface area (Å²) in [6, 6.07) is 10.3. The number of nitriles is 1. The largest absolute Gasteiger partial charge is 0.454 e. The van der Waals surface area contributed by atoms with Crippen molar-refractivity contribution in [3.05, 3.63) is 53.7 Å². The van der Waals surface area contributed by atoms with E-state index in [1.54, 1.807) is 12.1 Å². The Bertz CT molecular complexity index is 1030. The Morgan fingerprint density at radius 3 is 2.57 bits per heavy atom. The van der Waals surface area contributed by atoms with Crippen molar-refractivity contribution >= 4 is 22.1 Å². The van der Waals surface area contributed by atoms with Crippen molar-refractivity contribution in [2.75, 3.05) is 0 Å². The van der Waals surface area contributed by atoms with Gasteiger partial charge in [0, 0.05) is 17.2 Å². The van der Waals surface area contributed by atoms with Gasteiger partial charge in [-0.05, 0) is 30.3 Å². The predicted octanol–water partition coefficient (Wildman–Crippen LogP) is 4.24. The second-order valence-electron chi connectivity index (χ2n) is 4.68. The molecule has 0 radical (unpaired) electrons. The topological polar surface area (TPSA) is 49.8 Å². The molecule has 0 unspecified atom stereocenters. The van der Waals surface area contributed by atoms with Gasteiger partial charge in [0.2, 0.25) is 0 Å². The first-order chi connectivity index (χ1) is 10.2. The highest BCUT2D eigenvalue weighted by Crippen LogP contribution is 2.38. The fraction of sp³-hybridized carbons (Fsp3) is 0. The van der Waals surface area contributed by atoms with Crippen molar-refractivity contribution in [1.82, 2.24) is 4.98 Å². The second kappa shape index (κ2) is 4.00. The SMILES string of the molecule is N#Cc1cc(-c2ccc(F)cc2F)c2c3ccc(o3)c2n1. The molecule has 0 N–H and O–H groups in total. The first-order valence-electron chi connectivity index (χ1n) is 6.18. The molecule has 3 heterocycles. The smallest absolute Gasteiger partial charge is 0.154 e. The summed E-state index contributed by atoms with van der Waals surface area (Å²) >= 11 is 0. The van der Waals surface area contributed by atoms with Crippen LogP contribution >= 0.6 is 0 Å². The number of furan rings is 2. The molecule has 4 rings (SSSR count). The lowest BCUT2D eigenvalue weighted by atomic mass is 9.99. The Morgan fingerprint density at radius 1 is 1.00 bits per heavy atom. The van der Waals surface area contributed by atoms with Crippen LogP contribution in [-0.4, -0.2) is 4.98 Å². The number of aromatic nitrogens is 1. The van der Waals surface area contributed by atoms with Crippen LogP contribution in [0.4, 0.5) is 8.78 Å². The van der Waals surface area contributed by atoms with Gasteiger partial charge in [-0.2, -0.15) is 5.26 Å². The molecule has 0 fully saturated rings. The minimum atomic E-state index is -0.690. The number of rotatable bonds is 1. The summed E-state index contributed by atoms with van der Waals surface area (Å²) in [5.41, 5.74) is 2.47. The highest BCUT2D eigenvalue weighted by molar-refractivity contribution is 6.12. The second-order valence-corrected chi connectivity index (χ2v) is 4.68. The molecule has 0 atom stereocenters. The van der Waals surface area contributed by atoms with Crippen LogP contribution in [0.2, 0.25) is 0 Å². The normalized spacial score (nSPS) is 11.3. The Balaban J connectivity index is 2.15. The Hall–Kier alpha value is -3.00. The number of hydrogen-bond acceptors (Lipinski definition) is 3. The first-order valence-corrected chi connectivity index (χ1v) is 6.18.